The zero-order valence-electron chi connectivity index (χ0n) is 9.88. The van der Waals surface area contributed by atoms with Gasteiger partial charge in [-0.05, 0) is 0 Å². The van der Waals surface area contributed by atoms with Gasteiger partial charge in [-0.15, -0.1) is 24.8 Å². The van der Waals surface area contributed by atoms with Gasteiger partial charge in [0.05, 0.1) is 20.1 Å². The molecular formula is C10H9ClF3NO4. The van der Waals surface area contributed by atoms with Crippen LogP contribution in [-0.2, 0) is 10.6 Å². The van der Waals surface area contributed by atoms with E-state index in [1.54, 1.807) is 0 Å². The van der Waals surface area contributed by atoms with Crippen molar-refractivity contribution in [3.63, 3.8) is 0 Å². The van der Waals surface area contributed by atoms with E-state index < -0.39 is 23.9 Å². The highest BCUT2D eigenvalue weighted by atomic mass is 35.5. The van der Waals surface area contributed by atoms with E-state index in [0.29, 0.717) is 0 Å². The molecular weight excluding hydrogens is 291 g/mol. The van der Waals surface area contributed by atoms with Crippen LogP contribution in [0.5, 0.6) is 11.6 Å². The van der Waals surface area contributed by atoms with Crippen LogP contribution in [0.1, 0.15) is 16.1 Å². The van der Waals surface area contributed by atoms with Gasteiger partial charge in [0.15, 0.2) is 11.4 Å². The van der Waals surface area contributed by atoms with Crippen molar-refractivity contribution in [2.24, 2.45) is 0 Å². The lowest BCUT2D eigenvalue weighted by Crippen LogP contribution is -2.19. The van der Waals surface area contributed by atoms with E-state index in [9.17, 15) is 18.0 Å². The summed E-state index contributed by atoms with van der Waals surface area (Å²) < 4.78 is 49.3. The van der Waals surface area contributed by atoms with Crippen molar-refractivity contribution in [3.8, 4) is 11.6 Å². The first-order valence-electron chi connectivity index (χ1n) is 4.80. The molecule has 9 heteroatoms. The number of rotatable bonds is 4. The molecule has 19 heavy (non-hydrogen) atoms. The van der Waals surface area contributed by atoms with Crippen molar-refractivity contribution in [1.29, 1.82) is 0 Å². The minimum absolute atomic E-state index is 0.0589. The second kappa shape index (κ2) is 5.96. The third-order valence-electron chi connectivity index (χ3n) is 1.97. The molecule has 5 nitrogen and oxygen atoms in total. The fourth-order valence-corrected chi connectivity index (χ4v) is 1.49. The average Bonchev–Trinajstić information content (AvgIpc) is 2.34. The van der Waals surface area contributed by atoms with Crippen LogP contribution in [0.3, 0.4) is 0 Å². The first kappa shape index (κ1) is 15.4. The van der Waals surface area contributed by atoms with Crippen molar-refractivity contribution in [1.82, 2.24) is 4.98 Å². The number of pyridine rings is 1. The number of methoxy groups -OCH3 is 2. The van der Waals surface area contributed by atoms with Crippen LogP contribution in [-0.4, -0.2) is 31.5 Å². The Morgan fingerprint density at radius 3 is 2.47 bits per heavy atom. The van der Waals surface area contributed by atoms with Gasteiger partial charge in [0, 0.05) is 11.6 Å². The number of esters is 1. The first-order valence-corrected chi connectivity index (χ1v) is 5.33. The number of hydrogen-bond acceptors (Lipinski definition) is 5. The fourth-order valence-electron chi connectivity index (χ4n) is 1.29. The number of alkyl halides is 4. The molecule has 1 aromatic heterocycles. The van der Waals surface area contributed by atoms with E-state index in [2.05, 4.69) is 14.5 Å². The first-order chi connectivity index (χ1) is 8.82. The Morgan fingerprint density at radius 2 is 2.05 bits per heavy atom. The highest BCUT2D eigenvalue weighted by Crippen LogP contribution is 2.30. The van der Waals surface area contributed by atoms with Crippen molar-refractivity contribution >= 4 is 17.6 Å². The maximum absolute atomic E-state index is 12.1. The predicted molar refractivity (Wildman–Crippen MR) is 58.4 cm³/mol. The molecule has 1 aromatic rings. The molecule has 0 aliphatic heterocycles. The van der Waals surface area contributed by atoms with E-state index >= 15 is 0 Å². The zero-order chi connectivity index (χ0) is 14.6. The van der Waals surface area contributed by atoms with E-state index in [1.807, 2.05) is 0 Å². The molecule has 1 rings (SSSR count). The summed E-state index contributed by atoms with van der Waals surface area (Å²) in [5, 5.41) is 0. The van der Waals surface area contributed by atoms with Crippen molar-refractivity contribution in [2.75, 3.05) is 14.2 Å². The second-order valence-electron chi connectivity index (χ2n) is 3.17. The summed E-state index contributed by atoms with van der Waals surface area (Å²) in [7, 11) is 2.28. The maximum Gasteiger partial charge on any atom is 0.574 e. The summed E-state index contributed by atoms with van der Waals surface area (Å²) in [6.45, 7) is 0. The quantitative estimate of drug-likeness (QED) is 0.631. The largest absolute Gasteiger partial charge is 0.574 e. The van der Waals surface area contributed by atoms with E-state index in [-0.39, 0.29) is 17.2 Å². The Morgan fingerprint density at radius 1 is 1.42 bits per heavy atom. The summed E-state index contributed by atoms with van der Waals surface area (Å²) >= 11 is 5.58. The van der Waals surface area contributed by atoms with Gasteiger partial charge in [-0.1, -0.05) is 0 Å². The van der Waals surface area contributed by atoms with Gasteiger partial charge >= 0.3 is 12.3 Å². The summed E-state index contributed by atoms with van der Waals surface area (Å²) in [6.07, 6.45) is -4.93. The third-order valence-corrected chi connectivity index (χ3v) is 2.26. The SMILES string of the molecule is COC(=O)c1nc(OC(F)(F)F)cc(CCl)c1OC. The van der Waals surface area contributed by atoms with Crippen LogP contribution >= 0.6 is 11.6 Å². The van der Waals surface area contributed by atoms with Crippen LogP contribution in [0.4, 0.5) is 13.2 Å². The standard InChI is InChI=1S/C10H9ClF3NO4/c1-17-8-5(4-11)3-6(19-10(12,13)14)15-7(8)9(16)18-2/h3H,4H2,1-2H3. The minimum atomic E-state index is -4.93. The summed E-state index contributed by atoms with van der Waals surface area (Å²) in [5.74, 6) is -2.03. The molecule has 0 amide bonds. The molecule has 0 bridgehead atoms. The molecule has 106 valence electrons. The number of carbonyl (C=O) groups is 1. The number of hydrogen-bond donors (Lipinski definition) is 0. The fraction of sp³-hybridized carbons (Fsp3) is 0.400. The number of halogens is 4. The van der Waals surface area contributed by atoms with Crippen LogP contribution < -0.4 is 9.47 Å². The lowest BCUT2D eigenvalue weighted by atomic mass is 10.2. The van der Waals surface area contributed by atoms with Gasteiger partial charge in [0.1, 0.15) is 0 Å². The average molecular weight is 300 g/mol. The van der Waals surface area contributed by atoms with Crippen LogP contribution in [0.2, 0.25) is 0 Å². The summed E-state index contributed by atoms with van der Waals surface area (Å²) in [5.41, 5.74) is -0.318. The summed E-state index contributed by atoms with van der Waals surface area (Å²) in [4.78, 5) is 14.8. The number of carbonyl (C=O) groups excluding carboxylic acids is 1. The molecule has 0 unspecified atom stereocenters. The maximum atomic E-state index is 12.1. The minimum Gasteiger partial charge on any atom is -0.494 e. The molecule has 0 atom stereocenters. The van der Waals surface area contributed by atoms with Gasteiger partial charge in [-0.2, -0.15) is 0 Å². The van der Waals surface area contributed by atoms with Crippen molar-refractivity contribution < 1.29 is 32.2 Å². The lowest BCUT2D eigenvalue weighted by Gasteiger charge is -2.13. The van der Waals surface area contributed by atoms with Crippen molar-refractivity contribution in [3.05, 3.63) is 17.3 Å². The van der Waals surface area contributed by atoms with E-state index in [1.165, 1.54) is 7.11 Å². The Balaban J connectivity index is 3.34. The molecule has 0 aromatic carbocycles. The molecule has 0 radical (unpaired) electrons. The van der Waals surface area contributed by atoms with E-state index in [0.717, 1.165) is 13.2 Å². The number of ether oxygens (including phenoxy) is 3. The highest BCUT2D eigenvalue weighted by Gasteiger charge is 2.33. The third kappa shape index (κ3) is 3.88. The topological polar surface area (TPSA) is 57.7 Å². The zero-order valence-corrected chi connectivity index (χ0v) is 10.6. The highest BCUT2D eigenvalue weighted by molar-refractivity contribution is 6.17. The van der Waals surface area contributed by atoms with Crippen LogP contribution in [0, 0.1) is 0 Å². The number of nitrogens with zero attached hydrogens (tertiary/aromatic N) is 1. The molecule has 0 N–H and O–H groups in total. The Bertz CT molecular complexity index is 479. The Kier molecular flexibility index (Phi) is 4.82. The molecule has 0 aliphatic rings. The van der Waals surface area contributed by atoms with E-state index in [4.69, 9.17) is 16.3 Å². The Labute approximate surface area is 111 Å². The van der Waals surface area contributed by atoms with Crippen LogP contribution in [0.25, 0.3) is 0 Å². The molecule has 1 heterocycles. The smallest absolute Gasteiger partial charge is 0.494 e. The van der Waals surface area contributed by atoms with Crippen LogP contribution in [0.15, 0.2) is 6.07 Å². The molecule has 0 aliphatic carbocycles. The predicted octanol–water partition coefficient (Wildman–Crippen LogP) is 2.51. The molecule has 0 spiro atoms. The monoisotopic (exact) mass is 299 g/mol. The second-order valence-corrected chi connectivity index (χ2v) is 3.44. The normalized spacial score (nSPS) is 11.1. The van der Waals surface area contributed by atoms with Gasteiger partial charge in [-0.3, -0.25) is 0 Å². The van der Waals surface area contributed by atoms with Gasteiger partial charge in [0.2, 0.25) is 5.88 Å². The lowest BCUT2D eigenvalue weighted by molar-refractivity contribution is -0.276. The van der Waals surface area contributed by atoms with Crippen molar-refractivity contribution in [2.45, 2.75) is 12.2 Å². The van der Waals surface area contributed by atoms with Gasteiger partial charge < -0.3 is 14.2 Å². The summed E-state index contributed by atoms with van der Waals surface area (Å²) in [6, 6.07) is 0.936. The van der Waals surface area contributed by atoms with Gasteiger partial charge in [-0.25, -0.2) is 9.78 Å². The molecule has 0 saturated carbocycles. The number of aromatic nitrogens is 1. The molecule has 0 fully saturated rings. The Hall–Kier alpha value is -1.70. The molecule has 0 saturated heterocycles. The van der Waals surface area contributed by atoms with Gasteiger partial charge in [0.25, 0.3) is 0 Å².